The van der Waals surface area contributed by atoms with Crippen molar-refractivity contribution in [1.82, 2.24) is 0 Å². The van der Waals surface area contributed by atoms with Gasteiger partial charge in [-0.3, -0.25) is 4.79 Å². The van der Waals surface area contributed by atoms with Crippen molar-refractivity contribution in [2.75, 3.05) is 25.5 Å². The minimum atomic E-state index is 0.0704. The molecule has 1 atom stereocenters. The Morgan fingerprint density at radius 1 is 1.14 bits per heavy atom. The topological polar surface area (TPSA) is 59.4 Å². The van der Waals surface area contributed by atoms with Gasteiger partial charge in [0, 0.05) is 24.1 Å². The fourth-order valence-electron chi connectivity index (χ4n) is 4.01. The number of quaternary nitrogens is 2. The number of anilines is 1. The molecule has 1 aliphatic heterocycles. The normalized spacial score (nSPS) is 20.4. The maximum atomic E-state index is 12.3. The van der Waals surface area contributed by atoms with Gasteiger partial charge >= 0.3 is 0 Å². The SMILES string of the molecule is COc1ccc(NC(=O)C[C@H](C)[NH2+]C2CC[NH+](Cc3ccccc3)CC2)cc1. The number of amides is 1. The van der Waals surface area contributed by atoms with Crippen molar-refractivity contribution >= 4 is 11.6 Å². The number of ether oxygens (including phenoxy) is 1. The van der Waals surface area contributed by atoms with E-state index in [0.717, 1.165) is 18.0 Å². The minimum absolute atomic E-state index is 0.0704. The van der Waals surface area contributed by atoms with Crippen LogP contribution in [-0.2, 0) is 11.3 Å². The first kappa shape index (κ1) is 20.4. The van der Waals surface area contributed by atoms with Gasteiger partial charge in [0.05, 0.1) is 38.7 Å². The zero-order valence-corrected chi connectivity index (χ0v) is 17.0. The Morgan fingerprint density at radius 3 is 2.46 bits per heavy atom. The number of piperidine rings is 1. The molecule has 1 heterocycles. The van der Waals surface area contributed by atoms with Gasteiger partial charge in [-0.2, -0.15) is 0 Å². The highest BCUT2D eigenvalue weighted by Crippen LogP contribution is 2.15. The monoisotopic (exact) mass is 383 g/mol. The number of methoxy groups -OCH3 is 1. The molecule has 2 aromatic rings. The fourth-order valence-corrected chi connectivity index (χ4v) is 4.01. The molecule has 0 radical (unpaired) electrons. The first-order chi connectivity index (χ1) is 13.6. The second-order valence-corrected chi connectivity index (χ2v) is 7.90. The lowest BCUT2D eigenvalue weighted by Crippen LogP contribution is -3.14. The molecular formula is C23H33N3O2+2. The third-order valence-corrected chi connectivity index (χ3v) is 5.52. The molecule has 4 N–H and O–H groups in total. The van der Waals surface area contributed by atoms with Gasteiger partial charge in [0.25, 0.3) is 0 Å². The van der Waals surface area contributed by atoms with Crippen LogP contribution in [0.25, 0.3) is 0 Å². The Balaban J connectivity index is 1.36. The number of likely N-dealkylation sites (tertiary alicyclic amines) is 1. The van der Waals surface area contributed by atoms with E-state index in [2.05, 4.69) is 47.9 Å². The Morgan fingerprint density at radius 2 is 1.82 bits per heavy atom. The maximum Gasteiger partial charge on any atom is 0.230 e. The first-order valence-corrected chi connectivity index (χ1v) is 10.3. The highest BCUT2D eigenvalue weighted by Gasteiger charge is 2.26. The molecule has 1 saturated heterocycles. The number of nitrogens with one attached hydrogen (secondary N) is 2. The zero-order chi connectivity index (χ0) is 19.8. The molecule has 3 rings (SSSR count). The van der Waals surface area contributed by atoms with Crippen LogP contribution in [0.3, 0.4) is 0 Å². The number of hydrogen-bond acceptors (Lipinski definition) is 2. The average molecular weight is 384 g/mol. The highest BCUT2D eigenvalue weighted by molar-refractivity contribution is 5.90. The Kier molecular flexibility index (Phi) is 7.46. The molecule has 0 unspecified atom stereocenters. The molecule has 28 heavy (non-hydrogen) atoms. The largest absolute Gasteiger partial charge is 0.497 e. The number of carbonyl (C=O) groups excluding carboxylic acids is 1. The molecule has 0 aromatic heterocycles. The molecule has 0 spiro atoms. The van der Waals surface area contributed by atoms with Gasteiger partial charge in [0.2, 0.25) is 5.91 Å². The molecule has 0 bridgehead atoms. The summed E-state index contributed by atoms with van der Waals surface area (Å²) < 4.78 is 5.14. The Labute approximate surface area is 168 Å². The van der Waals surface area contributed by atoms with Gasteiger partial charge in [-0.05, 0) is 31.2 Å². The summed E-state index contributed by atoms with van der Waals surface area (Å²) in [4.78, 5) is 14.0. The van der Waals surface area contributed by atoms with Crippen LogP contribution in [0.4, 0.5) is 5.69 Å². The third kappa shape index (κ3) is 6.36. The summed E-state index contributed by atoms with van der Waals surface area (Å²) in [6, 6.07) is 19.1. The lowest BCUT2D eigenvalue weighted by molar-refractivity contribution is -0.927. The summed E-state index contributed by atoms with van der Waals surface area (Å²) in [7, 11) is 1.64. The van der Waals surface area contributed by atoms with Gasteiger partial charge < -0.3 is 20.3 Å². The van der Waals surface area contributed by atoms with Gasteiger partial charge in [0.15, 0.2) is 0 Å². The standard InChI is InChI=1S/C23H31N3O2/c1-18(16-23(27)25-20-8-10-22(28-2)11-9-20)24-21-12-14-26(15-13-21)17-19-6-4-3-5-7-19/h3-11,18,21,24H,12-17H2,1-2H3,(H,25,27)/p+2/t18-/m0/s1. The Hall–Kier alpha value is -2.37. The van der Waals surface area contributed by atoms with E-state index in [-0.39, 0.29) is 5.91 Å². The van der Waals surface area contributed by atoms with E-state index in [1.165, 1.54) is 31.5 Å². The van der Waals surface area contributed by atoms with E-state index in [1.807, 2.05) is 24.3 Å². The van der Waals surface area contributed by atoms with Gasteiger partial charge in [-0.1, -0.05) is 30.3 Å². The van der Waals surface area contributed by atoms with E-state index < -0.39 is 0 Å². The summed E-state index contributed by atoms with van der Waals surface area (Å²) >= 11 is 0. The molecule has 0 saturated carbocycles. The molecule has 0 aliphatic carbocycles. The number of nitrogens with two attached hydrogens (primary N) is 1. The second-order valence-electron chi connectivity index (χ2n) is 7.90. The first-order valence-electron chi connectivity index (χ1n) is 10.3. The second kappa shape index (κ2) is 10.2. The van der Waals surface area contributed by atoms with E-state index in [0.29, 0.717) is 18.5 Å². The van der Waals surface area contributed by atoms with Crippen molar-refractivity contribution in [3.63, 3.8) is 0 Å². The van der Waals surface area contributed by atoms with Crippen molar-refractivity contribution in [3.05, 3.63) is 60.2 Å². The van der Waals surface area contributed by atoms with Crippen molar-refractivity contribution < 1.29 is 19.7 Å². The van der Waals surface area contributed by atoms with Crippen molar-refractivity contribution in [2.24, 2.45) is 0 Å². The smallest absolute Gasteiger partial charge is 0.230 e. The summed E-state index contributed by atoms with van der Waals surface area (Å²) in [5.74, 6) is 0.862. The van der Waals surface area contributed by atoms with Crippen LogP contribution in [0, 0.1) is 0 Å². The van der Waals surface area contributed by atoms with E-state index in [4.69, 9.17) is 4.74 Å². The summed E-state index contributed by atoms with van der Waals surface area (Å²) in [6.45, 7) is 5.69. The zero-order valence-electron chi connectivity index (χ0n) is 17.0. The quantitative estimate of drug-likeness (QED) is 0.642. The molecule has 1 fully saturated rings. The number of benzene rings is 2. The third-order valence-electron chi connectivity index (χ3n) is 5.52. The average Bonchev–Trinajstić information content (AvgIpc) is 2.70. The van der Waals surface area contributed by atoms with Crippen molar-refractivity contribution in [2.45, 2.75) is 44.8 Å². The number of rotatable bonds is 8. The molecule has 1 amide bonds. The molecule has 5 nitrogen and oxygen atoms in total. The van der Waals surface area contributed by atoms with E-state index in [1.54, 1.807) is 12.0 Å². The van der Waals surface area contributed by atoms with Crippen LogP contribution < -0.4 is 20.3 Å². The predicted molar refractivity (Wildman–Crippen MR) is 111 cm³/mol. The lowest BCUT2D eigenvalue weighted by atomic mass is 10.0. The lowest BCUT2D eigenvalue weighted by Gasteiger charge is -2.29. The fraction of sp³-hybridized carbons (Fsp3) is 0.435. The van der Waals surface area contributed by atoms with Crippen LogP contribution in [0.5, 0.6) is 5.75 Å². The van der Waals surface area contributed by atoms with Gasteiger partial charge in [-0.25, -0.2) is 0 Å². The summed E-state index contributed by atoms with van der Waals surface area (Å²) in [5, 5.41) is 5.37. The van der Waals surface area contributed by atoms with Crippen LogP contribution in [-0.4, -0.2) is 38.2 Å². The maximum absolute atomic E-state index is 12.3. The molecule has 1 aliphatic rings. The van der Waals surface area contributed by atoms with Crippen LogP contribution in [0.15, 0.2) is 54.6 Å². The van der Waals surface area contributed by atoms with Crippen molar-refractivity contribution in [3.8, 4) is 5.75 Å². The minimum Gasteiger partial charge on any atom is -0.497 e. The molecule has 5 heteroatoms. The number of hydrogen-bond donors (Lipinski definition) is 3. The Bertz CT molecular complexity index is 725. The molecular weight excluding hydrogens is 350 g/mol. The molecule has 2 aromatic carbocycles. The van der Waals surface area contributed by atoms with Crippen LogP contribution >= 0.6 is 0 Å². The number of carbonyl (C=O) groups is 1. The van der Waals surface area contributed by atoms with Gasteiger partial charge in [-0.15, -0.1) is 0 Å². The summed E-state index contributed by atoms with van der Waals surface area (Å²) in [6.07, 6.45) is 2.96. The van der Waals surface area contributed by atoms with Crippen LogP contribution in [0.2, 0.25) is 0 Å². The van der Waals surface area contributed by atoms with Crippen molar-refractivity contribution in [1.29, 1.82) is 0 Å². The van der Waals surface area contributed by atoms with E-state index in [9.17, 15) is 4.79 Å². The van der Waals surface area contributed by atoms with Crippen LogP contribution in [0.1, 0.15) is 31.7 Å². The summed E-state index contributed by atoms with van der Waals surface area (Å²) in [5.41, 5.74) is 2.24. The van der Waals surface area contributed by atoms with E-state index >= 15 is 0 Å². The van der Waals surface area contributed by atoms with Gasteiger partial charge in [0.1, 0.15) is 12.3 Å². The molecule has 150 valence electrons. The highest BCUT2D eigenvalue weighted by atomic mass is 16.5. The predicted octanol–water partition coefficient (Wildman–Crippen LogP) is 1.22.